The van der Waals surface area contributed by atoms with E-state index in [0.717, 1.165) is 16.2 Å². The molecular weight excluding hydrogens is 375 g/mol. The minimum atomic E-state index is -4.48. The van der Waals surface area contributed by atoms with Gasteiger partial charge in [-0.3, -0.25) is 4.90 Å². The number of nitrogens with one attached hydrogen (secondary N) is 2. The van der Waals surface area contributed by atoms with Gasteiger partial charge in [0.1, 0.15) is 10.3 Å². The lowest BCUT2D eigenvalue weighted by Gasteiger charge is -2.35. The highest BCUT2D eigenvalue weighted by Gasteiger charge is 2.44. The molecule has 0 radical (unpaired) electrons. The molecule has 5 nitrogen and oxygen atoms in total. The van der Waals surface area contributed by atoms with Crippen molar-refractivity contribution in [2.75, 3.05) is 32.7 Å². The topological polar surface area (TPSA) is 61.4 Å². The predicted octanol–water partition coefficient (Wildman–Crippen LogP) is 1.59. The maximum atomic E-state index is 13.2. The molecule has 0 aliphatic carbocycles. The molecule has 1 unspecified atom stereocenters. The number of hydrogen-bond donors (Lipinski definition) is 2. The Morgan fingerprint density at radius 3 is 2.43 bits per heavy atom. The molecule has 1 fully saturated rings. The molecule has 11 heteroatoms. The zero-order valence-corrected chi connectivity index (χ0v) is 14.8. The van der Waals surface area contributed by atoms with Gasteiger partial charge in [-0.15, -0.1) is 23.7 Å². The summed E-state index contributed by atoms with van der Waals surface area (Å²) in [6.45, 7) is 2.46. The standard InChI is InChI=1S/C12H18F3N3O2S2.ClH/c1-9-2-3-11(21-9)22(19,20)17-8-10(12(13,14)15)18-6-4-16-5-7-18;/h2-3,10,16-17H,4-8H2,1H3;1H. The maximum Gasteiger partial charge on any atom is 0.405 e. The lowest BCUT2D eigenvalue weighted by Crippen LogP contribution is -2.57. The summed E-state index contributed by atoms with van der Waals surface area (Å²) in [6.07, 6.45) is -4.48. The average molecular weight is 394 g/mol. The third-order valence-corrected chi connectivity index (χ3v) is 6.33. The highest BCUT2D eigenvalue weighted by molar-refractivity contribution is 7.91. The van der Waals surface area contributed by atoms with E-state index in [4.69, 9.17) is 0 Å². The first kappa shape index (κ1) is 20.7. The van der Waals surface area contributed by atoms with Crippen molar-refractivity contribution in [2.24, 2.45) is 0 Å². The van der Waals surface area contributed by atoms with Gasteiger partial charge in [-0.2, -0.15) is 13.2 Å². The van der Waals surface area contributed by atoms with Crippen molar-refractivity contribution in [1.29, 1.82) is 0 Å². The lowest BCUT2D eigenvalue weighted by molar-refractivity contribution is -0.182. The second kappa shape index (κ2) is 8.13. The van der Waals surface area contributed by atoms with E-state index in [2.05, 4.69) is 10.0 Å². The van der Waals surface area contributed by atoms with Crippen molar-refractivity contribution in [2.45, 2.75) is 23.4 Å². The lowest BCUT2D eigenvalue weighted by atomic mass is 10.2. The van der Waals surface area contributed by atoms with Gasteiger partial charge in [-0.1, -0.05) is 0 Å². The summed E-state index contributed by atoms with van der Waals surface area (Å²) in [6, 6.07) is 1.21. The first-order valence-corrected chi connectivity index (χ1v) is 9.08. The molecule has 1 aromatic heterocycles. The molecule has 1 saturated heterocycles. The quantitative estimate of drug-likeness (QED) is 0.797. The number of hydrogen-bond acceptors (Lipinski definition) is 5. The molecule has 0 saturated carbocycles. The molecule has 134 valence electrons. The minimum absolute atomic E-state index is 0. The normalized spacial score (nSPS) is 18.4. The van der Waals surface area contributed by atoms with Crippen LogP contribution in [0.1, 0.15) is 4.88 Å². The Bertz CT molecular complexity index is 601. The molecule has 23 heavy (non-hydrogen) atoms. The summed E-state index contributed by atoms with van der Waals surface area (Å²) in [5.74, 6) is 0. The van der Waals surface area contributed by atoms with Crippen LogP contribution in [0.25, 0.3) is 0 Å². The number of halogens is 4. The van der Waals surface area contributed by atoms with Gasteiger partial charge in [0.25, 0.3) is 0 Å². The van der Waals surface area contributed by atoms with E-state index in [0.29, 0.717) is 13.1 Å². The first-order valence-electron chi connectivity index (χ1n) is 6.78. The minimum Gasteiger partial charge on any atom is -0.314 e. The Morgan fingerprint density at radius 1 is 1.35 bits per heavy atom. The van der Waals surface area contributed by atoms with Crippen LogP contribution in [-0.4, -0.2) is 58.3 Å². The summed E-state index contributed by atoms with van der Waals surface area (Å²) in [7, 11) is -3.91. The van der Waals surface area contributed by atoms with Crippen molar-refractivity contribution >= 4 is 33.8 Å². The van der Waals surface area contributed by atoms with Gasteiger partial charge in [-0.05, 0) is 19.1 Å². The number of nitrogens with zero attached hydrogens (tertiary/aromatic N) is 1. The van der Waals surface area contributed by atoms with Gasteiger partial charge < -0.3 is 5.32 Å². The van der Waals surface area contributed by atoms with E-state index < -0.39 is 28.8 Å². The van der Waals surface area contributed by atoms with Crippen molar-refractivity contribution in [3.05, 3.63) is 17.0 Å². The van der Waals surface area contributed by atoms with E-state index in [9.17, 15) is 21.6 Å². The summed E-state index contributed by atoms with van der Waals surface area (Å²) in [4.78, 5) is 2.05. The Kier molecular flexibility index (Phi) is 7.30. The third-order valence-electron chi connectivity index (χ3n) is 3.42. The van der Waals surface area contributed by atoms with Crippen molar-refractivity contribution < 1.29 is 21.6 Å². The maximum absolute atomic E-state index is 13.2. The number of thiophene rings is 1. The fraction of sp³-hybridized carbons (Fsp3) is 0.667. The molecule has 1 aliphatic heterocycles. The van der Waals surface area contributed by atoms with E-state index >= 15 is 0 Å². The monoisotopic (exact) mass is 393 g/mol. The molecule has 2 N–H and O–H groups in total. The molecule has 1 atom stereocenters. The second-order valence-electron chi connectivity index (χ2n) is 5.06. The summed E-state index contributed by atoms with van der Waals surface area (Å²) in [5.41, 5.74) is 0. The average Bonchev–Trinajstić information content (AvgIpc) is 2.86. The molecule has 0 spiro atoms. The van der Waals surface area contributed by atoms with E-state index in [1.165, 1.54) is 11.0 Å². The van der Waals surface area contributed by atoms with E-state index in [1.807, 2.05) is 0 Å². The third kappa shape index (κ3) is 5.57. The number of piperazine rings is 1. The molecule has 1 aliphatic rings. The second-order valence-corrected chi connectivity index (χ2v) is 8.34. The van der Waals surface area contributed by atoms with Gasteiger partial charge in [0.2, 0.25) is 10.0 Å². The van der Waals surface area contributed by atoms with Crippen LogP contribution >= 0.6 is 23.7 Å². The van der Waals surface area contributed by atoms with Gasteiger partial charge in [0, 0.05) is 37.6 Å². The van der Waals surface area contributed by atoms with E-state index in [1.54, 1.807) is 13.0 Å². The van der Waals surface area contributed by atoms with Gasteiger partial charge in [-0.25, -0.2) is 13.1 Å². The van der Waals surface area contributed by atoms with Gasteiger partial charge in [0.05, 0.1) is 0 Å². The van der Waals surface area contributed by atoms with Gasteiger partial charge in [0.15, 0.2) is 0 Å². The molecule has 2 rings (SSSR count). The Morgan fingerprint density at radius 2 is 1.96 bits per heavy atom. The van der Waals surface area contributed by atoms with Crippen molar-refractivity contribution in [3.63, 3.8) is 0 Å². The zero-order valence-electron chi connectivity index (χ0n) is 12.4. The molecule has 0 aromatic carbocycles. The van der Waals surface area contributed by atoms with E-state index in [-0.39, 0.29) is 29.7 Å². The van der Waals surface area contributed by atoms with Gasteiger partial charge >= 0.3 is 6.18 Å². The molecule has 0 amide bonds. The fourth-order valence-corrected chi connectivity index (χ4v) is 4.63. The van der Waals surface area contributed by atoms with Crippen LogP contribution in [0.3, 0.4) is 0 Å². The van der Waals surface area contributed by atoms with Crippen molar-refractivity contribution in [3.8, 4) is 0 Å². The Hall–Kier alpha value is -0.390. The Labute approximate surface area is 143 Å². The SMILES string of the molecule is Cc1ccc(S(=O)(=O)NCC(N2CCNCC2)C(F)(F)F)s1.Cl. The van der Waals surface area contributed by atoms with Crippen LogP contribution in [0.4, 0.5) is 13.2 Å². The summed E-state index contributed by atoms with van der Waals surface area (Å²) < 4.78 is 65.8. The zero-order chi connectivity index (χ0) is 16.4. The number of rotatable bonds is 5. The van der Waals surface area contributed by atoms with Crippen LogP contribution in [-0.2, 0) is 10.0 Å². The van der Waals surface area contributed by atoms with Crippen LogP contribution in [0.15, 0.2) is 16.3 Å². The van der Waals surface area contributed by atoms with Crippen LogP contribution in [0.5, 0.6) is 0 Å². The fourth-order valence-electron chi connectivity index (χ4n) is 2.26. The number of alkyl halides is 3. The highest BCUT2D eigenvalue weighted by atomic mass is 35.5. The number of aryl methyl sites for hydroxylation is 1. The van der Waals surface area contributed by atoms with Crippen LogP contribution in [0.2, 0.25) is 0 Å². The summed E-state index contributed by atoms with van der Waals surface area (Å²) >= 11 is 1.03. The largest absolute Gasteiger partial charge is 0.405 e. The Balaban J connectivity index is 0.00000264. The van der Waals surface area contributed by atoms with Crippen LogP contribution in [0, 0.1) is 6.92 Å². The molecule has 0 bridgehead atoms. The molecule has 2 heterocycles. The smallest absolute Gasteiger partial charge is 0.314 e. The van der Waals surface area contributed by atoms with Crippen LogP contribution < -0.4 is 10.0 Å². The molecule has 1 aromatic rings. The van der Waals surface area contributed by atoms with Crippen molar-refractivity contribution in [1.82, 2.24) is 14.9 Å². The summed E-state index contributed by atoms with van der Waals surface area (Å²) in [5, 5.41) is 2.98. The first-order chi connectivity index (χ1) is 10.2. The molecular formula is C12H19ClF3N3O2S2. The highest BCUT2D eigenvalue weighted by Crippen LogP contribution is 2.26. The predicted molar refractivity (Wildman–Crippen MR) is 85.8 cm³/mol. The number of sulfonamides is 1.